The highest BCUT2D eigenvalue weighted by Gasteiger charge is 2.25. The summed E-state index contributed by atoms with van der Waals surface area (Å²) < 4.78 is 27.9. The van der Waals surface area contributed by atoms with Gasteiger partial charge in [0.15, 0.2) is 5.11 Å². The van der Waals surface area contributed by atoms with Gasteiger partial charge in [0.05, 0.1) is 4.90 Å². The van der Waals surface area contributed by atoms with Crippen LogP contribution in [0.5, 0.6) is 0 Å². The highest BCUT2D eigenvalue weighted by molar-refractivity contribution is 9.10. The molecule has 3 rings (SSSR count). The quantitative estimate of drug-likeness (QED) is 0.533. The molecule has 172 valence electrons. The van der Waals surface area contributed by atoms with E-state index in [0.29, 0.717) is 24.3 Å². The lowest BCUT2D eigenvalue weighted by Crippen LogP contribution is -2.35. The van der Waals surface area contributed by atoms with Crippen molar-refractivity contribution in [3.63, 3.8) is 0 Å². The van der Waals surface area contributed by atoms with Crippen molar-refractivity contribution in [3.8, 4) is 0 Å². The van der Waals surface area contributed by atoms with E-state index in [1.165, 1.54) is 4.31 Å². The zero-order valence-corrected chi connectivity index (χ0v) is 21.7. The van der Waals surface area contributed by atoms with Crippen LogP contribution in [0.4, 0.5) is 5.69 Å². The minimum Gasteiger partial charge on any atom is -0.332 e. The molecule has 6 nitrogen and oxygen atoms in total. The lowest BCUT2D eigenvalue weighted by molar-refractivity contribution is 0.0977. The van der Waals surface area contributed by atoms with Gasteiger partial charge in [0.25, 0.3) is 5.91 Å². The number of carbonyl (C=O) groups excluding carboxylic acids is 1. The summed E-state index contributed by atoms with van der Waals surface area (Å²) in [5.74, 6) is -0.326. The second-order valence-corrected chi connectivity index (χ2v) is 12.0. The standard InChI is InChI=1S/C23H28BrN3O3S2/c1-23(2,3)19-12-7-16(15-20(19)24)21(28)26-22(31)25-17-8-10-18(11-9-17)32(29,30)27-13-5-4-6-14-27/h7-12,15H,4-6,13-14H2,1-3H3,(H2,25,26,28,31). The van der Waals surface area contributed by atoms with Crippen molar-refractivity contribution in [2.24, 2.45) is 0 Å². The molecule has 2 aromatic carbocycles. The summed E-state index contributed by atoms with van der Waals surface area (Å²) in [6, 6.07) is 11.9. The second-order valence-electron chi connectivity index (χ2n) is 8.84. The Kier molecular flexibility index (Phi) is 7.75. The summed E-state index contributed by atoms with van der Waals surface area (Å²) >= 11 is 8.80. The van der Waals surface area contributed by atoms with Gasteiger partial charge in [-0.15, -0.1) is 0 Å². The van der Waals surface area contributed by atoms with Crippen LogP contribution in [0.1, 0.15) is 56.0 Å². The third-order valence-electron chi connectivity index (χ3n) is 5.33. The smallest absolute Gasteiger partial charge is 0.257 e. The van der Waals surface area contributed by atoms with Crippen LogP contribution in [0.2, 0.25) is 0 Å². The van der Waals surface area contributed by atoms with Gasteiger partial charge in [-0.25, -0.2) is 8.42 Å². The van der Waals surface area contributed by atoms with Crippen LogP contribution < -0.4 is 10.6 Å². The van der Waals surface area contributed by atoms with Crippen molar-refractivity contribution < 1.29 is 13.2 Å². The first-order valence-corrected chi connectivity index (χ1v) is 13.2. The fourth-order valence-corrected chi connectivity index (χ4v) is 6.27. The van der Waals surface area contributed by atoms with E-state index in [-0.39, 0.29) is 21.3 Å². The SMILES string of the molecule is CC(C)(C)c1ccc(C(=O)NC(=S)Nc2ccc(S(=O)(=O)N3CCCCC3)cc2)cc1Br. The Labute approximate surface area is 204 Å². The van der Waals surface area contributed by atoms with E-state index in [4.69, 9.17) is 12.2 Å². The summed E-state index contributed by atoms with van der Waals surface area (Å²) in [5, 5.41) is 5.73. The lowest BCUT2D eigenvalue weighted by Gasteiger charge is -2.25. The highest BCUT2D eigenvalue weighted by Crippen LogP contribution is 2.30. The molecule has 2 N–H and O–H groups in total. The molecule has 0 spiro atoms. The normalized spacial score (nSPS) is 15.2. The van der Waals surface area contributed by atoms with E-state index in [2.05, 4.69) is 47.3 Å². The third-order valence-corrected chi connectivity index (χ3v) is 8.10. The number of amides is 1. The molecule has 9 heteroatoms. The summed E-state index contributed by atoms with van der Waals surface area (Å²) in [4.78, 5) is 12.8. The van der Waals surface area contributed by atoms with E-state index >= 15 is 0 Å². The van der Waals surface area contributed by atoms with Gasteiger partial charge >= 0.3 is 0 Å². The van der Waals surface area contributed by atoms with Crippen LogP contribution in [-0.2, 0) is 15.4 Å². The number of hydrogen-bond acceptors (Lipinski definition) is 4. The van der Waals surface area contributed by atoms with Crippen molar-refractivity contribution in [1.82, 2.24) is 9.62 Å². The average molecular weight is 539 g/mol. The van der Waals surface area contributed by atoms with Crippen LogP contribution in [0, 0.1) is 0 Å². The van der Waals surface area contributed by atoms with Crippen LogP contribution in [0.3, 0.4) is 0 Å². The van der Waals surface area contributed by atoms with E-state index in [9.17, 15) is 13.2 Å². The molecule has 1 aliphatic rings. The first-order chi connectivity index (χ1) is 15.0. The largest absolute Gasteiger partial charge is 0.332 e. The van der Waals surface area contributed by atoms with Gasteiger partial charge in [0, 0.05) is 28.8 Å². The number of sulfonamides is 1. The molecule has 0 bridgehead atoms. The third kappa shape index (κ3) is 5.95. The van der Waals surface area contributed by atoms with Crippen molar-refractivity contribution >= 4 is 54.9 Å². The Balaban J connectivity index is 1.62. The zero-order valence-electron chi connectivity index (χ0n) is 18.4. The highest BCUT2D eigenvalue weighted by atomic mass is 79.9. The van der Waals surface area contributed by atoms with Gasteiger partial charge in [-0.1, -0.05) is 49.2 Å². The van der Waals surface area contributed by atoms with Crippen LogP contribution in [-0.4, -0.2) is 36.8 Å². The number of nitrogens with zero attached hydrogens (tertiary/aromatic N) is 1. The Morgan fingerprint density at radius 3 is 2.22 bits per heavy atom. The van der Waals surface area contributed by atoms with Gasteiger partial charge in [-0.3, -0.25) is 10.1 Å². The molecule has 1 heterocycles. The maximum atomic E-state index is 12.8. The summed E-state index contributed by atoms with van der Waals surface area (Å²) in [5.41, 5.74) is 2.14. The predicted octanol–water partition coefficient (Wildman–Crippen LogP) is 5.05. The molecule has 0 unspecified atom stereocenters. The number of thiocarbonyl (C=S) groups is 1. The minimum atomic E-state index is -3.48. The average Bonchev–Trinajstić information content (AvgIpc) is 2.73. The molecule has 0 radical (unpaired) electrons. The fraction of sp³-hybridized carbons (Fsp3) is 0.391. The van der Waals surface area contributed by atoms with Gasteiger partial charge in [-0.2, -0.15) is 4.31 Å². The van der Waals surface area contributed by atoms with Crippen molar-refractivity contribution in [2.75, 3.05) is 18.4 Å². The number of nitrogens with one attached hydrogen (secondary N) is 2. The van der Waals surface area contributed by atoms with Crippen LogP contribution >= 0.6 is 28.1 Å². The number of halogens is 1. The molecule has 1 saturated heterocycles. The van der Waals surface area contributed by atoms with Crippen molar-refractivity contribution in [1.29, 1.82) is 0 Å². The maximum absolute atomic E-state index is 12.8. The van der Waals surface area contributed by atoms with Crippen molar-refractivity contribution in [3.05, 3.63) is 58.1 Å². The summed E-state index contributed by atoms with van der Waals surface area (Å²) in [6.07, 6.45) is 2.85. The Bertz CT molecular complexity index is 1100. The summed E-state index contributed by atoms with van der Waals surface area (Å²) in [6.45, 7) is 7.44. The van der Waals surface area contributed by atoms with Gasteiger partial charge in [-0.05, 0) is 72.4 Å². The molecule has 1 amide bonds. The number of rotatable bonds is 4. The monoisotopic (exact) mass is 537 g/mol. The topological polar surface area (TPSA) is 78.5 Å². The maximum Gasteiger partial charge on any atom is 0.257 e. The zero-order chi connectivity index (χ0) is 23.5. The molecule has 0 aliphatic carbocycles. The predicted molar refractivity (Wildman–Crippen MR) is 136 cm³/mol. The molecular formula is C23H28BrN3O3S2. The lowest BCUT2D eigenvalue weighted by atomic mass is 9.86. The first-order valence-electron chi connectivity index (χ1n) is 10.5. The van der Waals surface area contributed by atoms with Crippen LogP contribution in [0.15, 0.2) is 51.8 Å². The Hall–Kier alpha value is -1.81. The molecule has 1 fully saturated rings. The van der Waals surface area contributed by atoms with E-state index in [1.54, 1.807) is 36.4 Å². The summed E-state index contributed by atoms with van der Waals surface area (Å²) in [7, 11) is -3.48. The Morgan fingerprint density at radius 1 is 1.03 bits per heavy atom. The minimum absolute atomic E-state index is 0.0433. The molecule has 0 atom stereocenters. The molecule has 0 saturated carbocycles. The number of benzene rings is 2. The molecule has 2 aromatic rings. The molecular weight excluding hydrogens is 510 g/mol. The molecule has 1 aliphatic heterocycles. The number of piperidine rings is 1. The van der Waals surface area contributed by atoms with E-state index < -0.39 is 10.0 Å². The number of anilines is 1. The van der Waals surface area contributed by atoms with Gasteiger partial charge < -0.3 is 5.32 Å². The first kappa shape index (κ1) is 24.8. The van der Waals surface area contributed by atoms with Gasteiger partial charge in [0.1, 0.15) is 0 Å². The van der Waals surface area contributed by atoms with Crippen molar-refractivity contribution in [2.45, 2.75) is 50.3 Å². The molecule has 32 heavy (non-hydrogen) atoms. The number of hydrogen-bond donors (Lipinski definition) is 2. The van der Waals surface area contributed by atoms with E-state index in [1.807, 2.05) is 6.07 Å². The van der Waals surface area contributed by atoms with Crippen LogP contribution in [0.25, 0.3) is 0 Å². The van der Waals surface area contributed by atoms with Gasteiger partial charge in [0.2, 0.25) is 10.0 Å². The van der Waals surface area contributed by atoms with E-state index in [0.717, 1.165) is 29.3 Å². The molecule has 0 aromatic heterocycles. The second kappa shape index (κ2) is 9.99. The number of carbonyl (C=O) groups is 1. The Morgan fingerprint density at radius 2 is 1.66 bits per heavy atom. The fourth-order valence-electron chi connectivity index (χ4n) is 3.57.